The third-order valence-corrected chi connectivity index (χ3v) is 4.44. The topological polar surface area (TPSA) is 167 Å². The van der Waals surface area contributed by atoms with Crippen LogP contribution in [0, 0.1) is 4.91 Å². The van der Waals surface area contributed by atoms with Crippen molar-refractivity contribution >= 4 is 5.97 Å². The van der Waals surface area contributed by atoms with Gasteiger partial charge in [-0.2, -0.15) is 4.57 Å². The molecular formula is C16H23N3O8. The molecule has 0 aliphatic carbocycles. The van der Waals surface area contributed by atoms with E-state index in [1.807, 2.05) is 0 Å². The van der Waals surface area contributed by atoms with Gasteiger partial charge in [0.05, 0.1) is 17.4 Å². The minimum Gasteiger partial charge on any atom is -0.547 e. The number of nitrogens with zero attached hydrogens (tertiary/aromatic N) is 3. The largest absolute Gasteiger partial charge is 0.547 e. The van der Waals surface area contributed by atoms with E-state index in [-0.39, 0.29) is 0 Å². The van der Waals surface area contributed by atoms with E-state index in [9.17, 15) is 35.2 Å². The molecule has 0 aromatic carbocycles. The first-order valence-electron chi connectivity index (χ1n) is 8.40. The Morgan fingerprint density at radius 2 is 2.07 bits per heavy atom. The minimum atomic E-state index is -1.83. The van der Waals surface area contributed by atoms with Crippen LogP contribution < -0.4 is 9.67 Å². The number of carboxylic acids is 1. The van der Waals surface area contributed by atoms with Crippen molar-refractivity contribution in [3.05, 3.63) is 35.0 Å². The molecule has 1 saturated heterocycles. The Kier molecular flexibility index (Phi) is 7.16. The van der Waals surface area contributed by atoms with E-state index in [1.54, 1.807) is 12.1 Å². The van der Waals surface area contributed by atoms with Gasteiger partial charge in [0.1, 0.15) is 18.3 Å². The summed E-state index contributed by atoms with van der Waals surface area (Å²) in [7, 11) is 1.52. The molecule has 0 saturated carbocycles. The normalized spacial score (nSPS) is 29.1. The van der Waals surface area contributed by atoms with Crippen molar-refractivity contribution in [2.75, 3.05) is 13.6 Å². The predicted molar refractivity (Wildman–Crippen MR) is 86.2 cm³/mol. The lowest BCUT2D eigenvalue weighted by Crippen LogP contribution is -2.65. The molecule has 6 atom stereocenters. The van der Waals surface area contributed by atoms with Gasteiger partial charge in [0, 0.05) is 25.2 Å². The molecule has 1 aromatic rings. The lowest BCUT2D eigenvalue weighted by molar-refractivity contribution is -0.777. The number of aromatic nitrogens is 1. The van der Waals surface area contributed by atoms with Gasteiger partial charge in [0.2, 0.25) is 0 Å². The van der Waals surface area contributed by atoms with Gasteiger partial charge in [0.25, 0.3) is 6.23 Å². The SMILES string of the molecule is CN(CCCC(O)c1ccc[n+](C2OC(C(=O)[O-])C(O)C(O)C2O)c1)N=O. The van der Waals surface area contributed by atoms with Gasteiger partial charge >= 0.3 is 0 Å². The third kappa shape index (κ3) is 4.96. The number of rotatable bonds is 8. The van der Waals surface area contributed by atoms with Gasteiger partial charge in [-0.25, -0.2) is 0 Å². The Morgan fingerprint density at radius 3 is 2.70 bits per heavy atom. The summed E-state index contributed by atoms with van der Waals surface area (Å²) in [4.78, 5) is 21.4. The molecule has 2 heterocycles. The zero-order valence-corrected chi connectivity index (χ0v) is 14.7. The summed E-state index contributed by atoms with van der Waals surface area (Å²) in [5.74, 6) is -1.72. The summed E-state index contributed by atoms with van der Waals surface area (Å²) in [5.41, 5.74) is 0.459. The molecule has 6 unspecified atom stereocenters. The zero-order valence-electron chi connectivity index (χ0n) is 14.7. The number of aliphatic hydroxyl groups is 4. The van der Waals surface area contributed by atoms with E-state index in [2.05, 4.69) is 5.29 Å². The van der Waals surface area contributed by atoms with E-state index in [1.165, 1.54) is 29.0 Å². The van der Waals surface area contributed by atoms with Gasteiger partial charge in [-0.1, -0.05) is 0 Å². The number of ether oxygens (including phenoxy) is 1. The second-order valence-electron chi connectivity index (χ2n) is 6.44. The summed E-state index contributed by atoms with van der Waals surface area (Å²) in [6.45, 7) is 0.370. The maximum Gasteiger partial charge on any atom is 0.292 e. The Labute approximate surface area is 155 Å². The highest BCUT2D eigenvalue weighted by Crippen LogP contribution is 2.25. The quantitative estimate of drug-likeness (QED) is 0.209. The predicted octanol–water partition coefficient (Wildman–Crippen LogP) is -2.87. The lowest BCUT2D eigenvalue weighted by atomic mass is 9.97. The fraction of sp³-hybridized carbons (Fsp3) is 0.625. The van der Waals surface area contributed by atoms with Crippen LogP contribution in [0.1, 0.15) is 30.7 Å². The fourth-order valence-electron chi connectivity index (χ4n) is 2.89. The second-order valence-corrected chi connectivity index (χ2v) is 6.44. The van der Waals surface area contributed by atoms with Crippen molar-refractivity contribution in [2.24, 2.45) is 5.29 Å². The number of hydrogen-bond acceptors (Lipinski definition) is 9. The highest BCUT2D eigenvalue weighted by molar-refractivity contribution is 5.71. The van der Waals surface area contributed by atoms with E-state index in [0.717, 1.165) is 0 Å². The van der Waals surface area contributed by atoms with Crippen LogP contribution in [0.4, 0.5) is 0 Å². The number of hydrogen-bond donors (Lipinski definition) is 4. The zero-order chi connectivity index (χ0) is 20.1. The van der Waals surface area contributed by atoms with Crippen LogP contribution in [0.25, 0.3) is 0 Å². The van der Waals surface area contributed by atoms with E-state index >= 15 is 0 Å². The van der Waals surface area contributed by atoms with Crippen LogP contribution in [0.15, 0.2) is 29.8 Å². The van der Waals surface area contributed by atoms with Crippen LogP contribution in [0.5, 0.6) is 0 Å². The first-order chi connectivity index (χ1) is 12.8. The van der Waals surface area contributed by atoms with Crippen LogP contribution in [0.2, 0.25) is 0 Å². The maximum atomic E-state index is 11.1. The molecule has 0 amide bonds. The van der Waals surface area contributed by atoms with Crippen molar-refractivity contribution in [2.45, 2.75) is 49.6 Å². The number of aliphatic hydroxyl groups excluding tert-OH is 4. The highest BCUT2D eigenvalue weighted by Gasteiger charge is 2.48. The number of carbonyl (C=O) groups excluding carboxylic acids is 1. The van der Waals surface area contributed by atoms with Gasteiger partial charge in [-0.3, -0.25) is 5.01 Å². The number of pyridine rings is 1. The van der Waals surface area contributed by atoms with E-state index in [4.69, 9.17) is 4.74 Å². The molecule has 11 heteroatoms. The number of nitroso groups, excluding NO2 is 1. The average Bonchev–Trinajstić information content (AvgIpc) is 2.65. The first kappa shape index (κ1) is 21.1. The van der Waals surface area contributed by atoms with Crippen molar-refractivity contribution in [3.63, 3.8) is 0 Å². The van der Waals surface area contributed by atoms with Crippen LogP contribution in [0.3, 0.4) is 0 Å². The molecule has 27 heavy (non-hydrogen) atoms. The third-order valence-electron chi connectivity index (χ3n) is 4.44. The second kappa shape index (κ2) is 9.15. The van der Waals surface area contributed by atoms with Crippen molar-refractivity contribution in [3.8, 4) is 0 Å². The van der Waals surface area contributed by atoms with Gasteiger partial charge in [-0.05, 0) is 18.9 Å². The summed E-state index contributed by atoms with van der Waals surface area (Å²) in [6, 6.07) is 3.18. The standard InChI is InChI=1S/C16H23N3O8/c1-18(17-26)6-3-5-10(20)9-4-2-7-19(8-9)15-13(23)11(21)12(22)14(27-15)16(24)25/h2,4,7-8,10-15,20-23H,3,5-6H2,1H3. The molecule has 0 bridgehead atoms. The van der Waals surface area contributed by atoms with Crippen molar-refractivity contribution in [1.29, 1.82) is 0 Å². The number of aliphatic carboxylic acids is 1. The Morgan fingerprint density at radius 1 is 1.37 bits per heavy atom. The number of carbonyl (C=O) groups is 1. The van der Waals surface area contributed by atoms with Gasteiger partial charge in [0.15, 0.2) is 18.5 Å². The summed E-state index contributed by atoms with van der Waals surface area (Å²) < 4.78 is 6.50. The summed E-state index contributed by atoms with van der Waals surface area (Å²) >= 11 is 0. The molecule has 11 nitrogen and oxygen atoms in total. The summed E-state index contributed by atoms with van der Waals surface area (Å²) in [6.07, 6.45) is -5.45. The first-order valence-corrected chi connectivity index (χ1v) is 8.40. The van der Waals surface area contributed by atoms with Crippen LogP contribution in [-0.4, -0.2) is 69.4 Å². The average molecular weight is 385 g/mol. The molecule has 4 N–H and O–H groups in total. The maximum absolute atomic E-state index is 11.1. The molecule has 1 aliphatic heterocycles. The van der Waals surface area contributed by atoms with Gasteiger partial charge < -0.3 is 35.1 Å². The molecule has 0 spiro atoms. The summed E-state index contributed by atoms with van der Waals surface area (Å²) in [5, 5.41) is 55.1. The monoisotopic (exact) mass is 385 g/mol. The minimum absolute atomic E-state index is 0.334. The molecule has 2 rings (SSSR count). The van der Waals surface area contributed by atoms with Crippen molar-refractivity contribution in [1.82, 2.24) is 5.01 Å². The molecular weight excluding hydrogens is 362 g/mol. The van der Waals surface area contributed by atoms with Crippen molar-refractivity contribution < 1.29 is 39.6 Å². The Bertz CT molecular complexity index is 660. The van der Waals surface area contributed by atoms with E-state index < -0.39 is 42.7 Å². The van der Waals surface area contributed by atoms with Crippen LogP contribution in [-0.2, 0) is 9.53 Å². The molecule has 0 radical (unpaired) electrons. The fourth-order valence-corrected chi connectivity index (χ4v) is 2.89. The molecule has 150 valence electrons. The Balaban J connectivity index is 2.13. The lowest BCUT2D eigenvalue weighted by Gasteiger charge is -2.37. The molecule has 1 aliphatic rings. The highest BCUT2D eigenvalue weighted by atomic mass is 16.6. The molecule has 1 aromatic heterocycles. The Hall–Kier alpha value is -2.18. The smallest absolute Gasteiger partial charge is 0.292 e. The van der Waals surface area contributed by atoms with Crippen LogP contribution >= 0.6 is 0 Å². The molecule has 1 fully saturated rings. The van der Waals surface area contributed by atoms with Gasteiger partial charge in [-0.15, -0.1) is 4.91 Å². The number of carboxylic acid groups (broad SMARTS) is 1. The van der Waals surface area contributed by atoms with E-state index in [0.29, 0.717) is 24.9 Å².